The Morgan fingerprint density at radius 1 is 1.00 bits per heavy atom. The van der Waals surface area contributed by atoms with Gasteiger partial charge < -0.3 is 14.4 Å². The molecule has 1 amide bonds. The van der Waals surface area contributed by atoms with Gasteiger partial charge in [0.25, 0.3) is 0 Å². The summed E-state index contributed by atoms with van der Waals surface area (Å²) in [4.78, 5) is 20.5. The van der Waals surface area contributed by atoms with E-state index >= 15 is 0 Å². The van der Waals surface area contributed by atoms with E-state index in [2.05, 4.69) is 62.1 Å². The summed E-state index contributed by atoms with van der Waals surface area (Å²) >= 11 is 13.9. The summed E-state index contributed by atoms with van der Waals surface area (Å²) in [6.45, 7) is 8.96. The van der Waals surface area contributed by atoms with Crippen molar-refractivity contribution < 1.29 is 14.3 Å². The SMILES string of the molecule is C=C.O=C(C1CCC2(CC1)OCCO2)N1CCC(C2c3ncc(Br)cc3CCc3cc(Cl)cc(Br)c32)CC1. The van der Waals surface area contributed by atoms with Crippen molar-refractivity contribution >= 4 is 49.4 Å². The van der Waals surface area contributed by atoms with Crippen LogP contribution in [0.1, 0.15) is 66.8 Å². The molecule has 1 saturated carbocycles. The molecule has 2 aliphatic carbocycles. The van der Waals surface area contributed by atoms with Gasteiger partial charge in [0.1, 0.15) is 0 Å². The van der Waals surface area contributed by atoms with Crippen molar-refractivity contribution in [3.8, 4) is 0 Å². The van der Waals surface area contributed by atoms with Gasteiger partial charge in [0, 0.05) is 57.9 Å². The molecule has 2 aliphatic heterocycles. The third-order valence-corrected chi connectivity index (χ3v) is 9.96. The number of piperidine rings is 1. The van der Waals surface area contributed by atoms with Gasteiger partial charge in [0.2, 0.25) is 5.91 Å². The van der Waals surface area contributed by atoms with Crippen LogP contribution in [0.4, 0.5) is 0 Å². The number of carbonyl (C=O) groups excluding carboxylic acids is 1. The second kappa shape index (κ2) is 12.1. The van der Waals surface area contributed by atoms with E-state index in [0.717, 1.165) is 78.4 Å². The molecule has 6 rings (SSSR count). The lowest BCUT2D eigenvalue weighted by atomic mass is 9.76. The fourth-order valence-corrected chi connectivity index (χ4v) is 8.33. The summed E-state index contributed by atoms with van der Waals surface area (Å²) in [6, 6.07) is 6.37. The van der Waals surface area contributed by atoms with Gasteiger partial charge in [0.05, 0.1) is 18.9 Å². The predicted molar refractivity (Wildman–Crippen MR) is 157 cm³/mol. The summed E-state index contributed by atoms with van der Waals surface area (Å²) < 4.78 is 13.8. The van der Waals surface area contributed by atoms with Crippen LogP contribution in [0.5, 0.6) is 0 Å². The molecule has 3 heterocycles. The number of aromatic nitrogens is 1. The van der Waals surface area contributed by atoms with Crippen molar-refractivity contribution in [1.82, 2.24) is 9.88 Å². The molecule has 2 saturated heterocycles. The summed E-state index contributed by atoms with van der Waals surface area (Å²) in [5.41, 5.74) is 5.12. The number of halogens is 3. The predicted octanol–water partition coefficient (Wildman–Crippen LogP) is 7.46. The maximum Gasteiger partial charge on any atom is 0.225 e. The third kappa shape index (κ3) is 5.64. The molecule has 2 aromatic rings. The van der Waals surface area contributed by atoms with Crippen LogP contribution in [-0.2, 0) is 27.1 Å². The van der Waals surface area contributed by atoms with Crippen molar-refractivity contribution in [1.29, 1.82) is 0 Å². The Hall–Kier alpha value is -1.25. The number of fused-ring (bicyclic) bond motifs is 2. The number of pyridine rings is 1. The third-order valence-electron chi connectivity index (χ3n) is 8.65. The smallest absolute Gasteiger partial charge is 0.225 e. The molecule has 0 bridgehead atoms. The molecule has 1 unspecified atom stereocenters. The molecule has 1 aromatic heterocycles. The lowest BCUT2D eigenvalue weighted by Crippen LogP contribution is -2.45. The number of nitrogens with zero attached hydrogens (tertiary/aromatic N) is 2. The number of amides is 1. The fraction of sp³-hybridized carbons (Fsp3) is 0.533. The Morgan fingerprint density at radius 2 is 1.66 bits per heavy atom. The van der Waals surface area contributed by atoms with Crippen LogP contribution >= 0.6 is 43.5 Å². The summed E-state index contributed by atoms with van der Waals surface area (Å²) in [7, 11) is 0. The van der Waals surface area contributed by atoms with E-state index in [4.69, 9.17) is 26.1 Å². The zero-order valence-electron chi connectivity index (χ0n) is 21.7. The van der Waals surface area contributed by atoms with E-state index in [1.807, 2.05) is 12.3 Å². The Balaban J connectivity index is 0.00000144. The van der Waals surface area contributed by atoms with Crippen molar-refractivity contribution in [2.75, 3.05) is 26.3 Å². The number of hydrogen-bond donors (Lipinski definition) is 0. The minimum absolute atomic E-state index is 0.0922. The molecule has 0 radical (unpaired) electrons. The average molecular weight is 667 g/mol. The molecule has 4 aliphatic rings. The standard InChI is InChI=1S/C28H31Br2ClN2O3.C2H4/c29-21-13-20-2-1-19-14-22(31)15-23(30)24(19)25(26(20)32-16-21)17-5-9-33(10-6-17)27(34)18-3-7-28(8-4-18)35-11-12-36-28;1-2/h13-18,25H,1-12H2;1-2H2. The molecule has 38 heavy (non-hydrogen) atoms. The van der Waals surface area contributed by atoms with E-state index in [-0.39, 0.29) is 11.8 Å². The molecule has 8 heteroatoms. The Kier molecular flexibility index (Phi) is 9.00. The van der Waals surface area contributed by atoms with Gasteiger partial charge in [-0.1, -0.05) is 27.5 Å². The second-order valence-electron chi connectivity index (χ2n) is 10.7. The van der Waals surface area contributed by atoms with Gasteiger partial charge >= 0.3 is 0 Å². The van der Waals surface area contributed by atoms with Gasteiger partial charge in [0.15, 0.2) is 5.79 Å². The highest BCUT2D eigenvalue weighted by Gasteiger charge is 2.43. The maximum atomic E-state index is 13.4. The first-order valence-corrected chi connectivity index (χ1v) is 15.6. The normalized spacial score (nSPS) is 23.2. The summed E-state index contributed by atoms with van der Waals surface area (Å²) in [5.74, 6) is 0.612. The highest BCUT2D eigenvalue weighted by atomic mass is 79.9. The number of carbonyl (C=O) groups is 1. The van der Waals surface area contributed by atoms with Crippen LogP contribution in [0.15, 0.2) is 46.5 Å². The van der Waals surface area contributed by atoms with Crippen molar-refractivity contribution in [3.05, 3.63) is 73.9 Å². The lowest BCUT2D eigenvalue weighted by Gasteiger charge is -2.40. The highest BCUT2D eigenvalue weighted by molar-refractivity contribution is 9.10. The van der Waals surface area contributed by atoms with Crippen LogP contribution in [-0.4, -0.2) is 47.9 Å². The number of ether oxygens (including phenoxy) is 2. The van der Waals surface area contributed by atoms with Crippen molar-refractivity contribution in [2.45, 2.75) is 63.1 Å². The first kappa shape index (κ1) is 28.3. The van der Waals surface area contributed by atoms with Gasteiger partial charge in [-0.3, -0.25) is 9.78 Å². The number of likely N-dealkylation sites (tertiary alicyclic amines) is 1. The average Bonchev–Trinajstić information content (AvgIpc) is 3.32. The second-order valence-corrected chi connectivity index (χ2v) is 12.9. The fourth-order valence-electron chi connectivity index (χ4n) is 6.83. The van der Waals surface area contributed by atoms with E-state index in [1.165, 1.54) is 22.4 Å². The molecule has 1 spiro atoms. The van der Waals surface area contributed by atoms with Gasteiger partial charge in [-0.15, -0.1) is 13.2 Å². The molecule has 5 nitrogen and oxygen atoms in total. The molecule has 3 fully saturated rings. The monoisotopic (exact) mass is 664 g/mol. The number of benzene rings is 1. The van der Waals surface area contributed by atoms with Crippen LogP contribution in [0.2, 0.25) is 5.02 Å². The molecular formula is C30H35Br2ClN2O3. The van der Waals surface area contributed by atoms with Crippen LogP contribution in [0.25, 0.3) is 0 Å². The highest BCUT2D eigenvalue weighted by Crippen LogP contribution is 2.46. The maximum absolute atomic E-state index is 13.4. The van der Waals surface area contributed by atoms with Crippen LogP contribution < -0.4 is 0 Å². The molecule has 1 atom stereocenters. The molecule has 0 N–H and O–H groups in total. The Bertz CT molecular complexity index is 1170. The minimum atomic E-state index is -0.414. The molecule has 204 valence electrons. The first-order chi connectivity index (χ1) is 18.4. The van der Waals surface area contributed by atoms with Gasteiger partial charge in [-0.25, -0.2) is 0 Å². The van der Waals surface area contributed by atoms with E-state index in [1.54, 1.807) is 0 Å². The first-order valence-electron chi connectivity index (χ1n) is 13.6. The van der Waals surface area contributed by atoms with E-state index in [9.17, 15) is 4.79 Å². The molecular weight excluding hydrogens is 632 g/mol. The quantitative estimate of drug-likeness (QED) is 0.313. The largest absolute Gasteiger partial charge is 0.348 e. The van der Waals surface area contributed by atoms with Crippen molar-refractivity contribution in [3.63, 3.8) is 0 Å². The summed E-state index contributed by atoms with van der Waals surface area (Å²) in [5, 5.41) is 0.766. The zero-order chi connectivity index (χ0) is 26.9. The zero-order valence-corrected chi connectivity index (χ0v) is 25.6. The van der Waals surface area contributed by atoms with Crippen LogP contribution in [0.3, 0.4) is 0 Å². The van der Waals surface area contributed by atoms with E-state index in [0.29, 0.717) is 25.0 Å². The number of rotatable bonds is 2. The van der Waals surface area contributed by atoms with Gasteiger partial charge in [-0.2, -0.15) is 0 Å². The minimum Gasteiger partial charge on any atom is -0.348 e. The summed E-state index contributed by atoms with van der Waals surface area (Å²) in [6.07, 6.45) is 9.14. The van der Waals surface area contributed by atoms with Gasteiger partial charge in [-0.05, 0) is 95.3 Å². The van der Waals surface area contributed by atoms with Crippen molar-refractivity contribution in [2.24, 2.45) is 11.8 Å². The molecule has 1 aromatic carbocycles. The number of aryl methyl sites for hydroxylation is 2. The Labute approximate surface area is 247 Å². The van der Waals surface area contributed by atoms with E-state index < -0.39 is 5.79 Å². The topological polar surface area (TPSA) is 51.7 Å². The Morgan fingerprint density at radius 3 is 2.34 bits per heavy atom. The number of hydrogen-bond acceptors (Lipinski definition) is 4. The lowest BCUT2D eigenvalue weighted by molar-refractivity contribution is -0.185. The van der Waals surface area contributed by atoms with Crippen LogP contribution in [0, 0.1) is 11.8 Å².